The van der Waals surface area contributed by atoms with Crippen LogP contribution in [-0.2, 0) is 0 Å². The van der Waals surface area contributed by atoms with Gasteiger partial charge in [0, 0.05) is 0 Å². The Balaban J connectivity index is 3.42. The quantitative estimate of drug-likeness (QED) is 0.0644. The maximum atomic E-state index is 2.52. The van der Waals surface area contributed by atoms with Gasteiger partial charge in [-0.25, -0.2) is 0 Å². The van der Waals surface area contributed by atoms with Crippen molar-refractivity contribution in [3.63, 3.8) is 0 Å². The lowest BCUT2D eigenvalue weighted by Gasteiger charge is -2.16. The summed E-state index contributed by atoms with van der Waals surface area (Å²) in [5, 5.41) is 0. The third-order valence-electron chi connectivity index (χ3n) is 10.5. The number of hydrogen-bond acceptors (Lipinski definition) is 0. The smallest absolute Gasteiger partial charge is 0.0443 e. The van der Waals surface area contributed by atoms with Crippen LogP contribution in [0.5, 0.6) is 0 Å². The molecule has 0 fully saturated rings. The van der Waals surface area contributed by atoms with Crippen LogP contribution in [0.1, 0.15) is 247 Å². The number of rotatable bonds is 35. The molecule has 0 nitrogen and oxygen atoms in total. The van der Waals surface area contributed by atoms with Gasteiger partial charge in [0.25, 0.3) is 0 Å². The molecular formula is C42H86. The zero-order chi connectivity index (χ0) is 30.9. The van der Waals surface area contributed by atoms with Gasteiger partial charge >= 0.3 is 0 Å². The molecule has 0 aliphatic carbocycles. The van der Waals surface area contributed by atoms with E-state index in [1.54, 1.807) is 0 Å². The molecule has 0 aliphatic rings. The van der Waals surface area contributed by atoms with Crippen molar-refractivity contribution in [1.82, 2.24) is 0 Å². The van der Waals surface area contributed by atoms with E-state index in [1.165, 1.54) is 205 Å². The molecule has 4 unspecified atom stereocenters. The Kier molecular flexibility index (Phi) is 33.9. The van der Waals surface area contributed by atoms with Crippen LogP contribution >= 0.6 is 0 Å². The fourth-order valence-electron chi connectivity index (χ4n) is 7.15. The fraction of sp³-hybridized carbons (Fsp3) is 1.00. The summed E-state index contributed by atoms with van der Waals surface area (Å²) in [7, 11) is 0. The van der Waals surface area contributed by atoms with Gasteiger partial charge in [0.15, 0.2) is 0 Å². The SMILES string of the molecule is CCCCCCCCCCCCCCCCC(C)CCCC(C)CCCCCC(C)CCCC(C)CCCCCCC. The minimum atomic E-state index is 0.944. The van der Waals surface area contributed by atoms with Crippen molar-refractivity contribution in [1.29, 1.82) is 0 Å². The molecule has 0 aromatic heterocycles. The van der Waals surface area contributed by atoms with Crippen LogP contribution < -0.4 is 0 Å². The maximum Gasteiger partial charge on any atom is -0.0443 e. The summed E-state index contributed by atoms with van der Waals surface area (Å²) in [5.74, 6) is 3.79. The van der Waals surface area contributed by atoms with Gasteiger partial charge in [0.2, 0.25) is 0 Å². The van der Waals surface area contributed by atoms with E-state index < -0.39 is 0 Å². The highest BCUT2D eigenvalue weighted by Gasteiger charge is 2.08. The molecule has 0 radical (unpaired) electrons. The molecule has 42 heavy (non-hydrogen) atoms. The molecule has 0 saturated carbocycles. The molecule has 4 atom stereocenters. The molecule has 0 rings (SSSR count). The van der Waals surface area contributed by atoms with Crippen LogP contribution in [0.3, 0.4) is 0 Å². The molecule has 0 aromatic carbocycles. The summed E-state index contributed by atoms with van der Waals surface area (Å²) >= 11 is 0. The highest BCUT2D eigenvalue weighted by molar-refractivity contribution is 4.62. The van der Waals surface area contributed by atoms with Gasteiger partial charge in [-0.05, 0) is 23.7 Å². The van der Waals surface area contributed by atoms with Crippen molar-refractivity contribution in [3.05, 3.63) is 0 Å². The van der Waals surface area contributed by atoms with Crippen molar-refractivity contribution in [3.8, 4) is 0 Å². The second-order valence-corrected chi connectivity index (χ2v) is 15.5. The van der Waals surface area contributed by atoms with Gasteiger partial charge in [-0.2, -0.15) is 0 Å². The monoisotopic (exact) mass is 591 g/mol. The Morgan fingerprint density at radius 1 is 0.214 bits per heavy atom. The molecule has 0 heteroatoms. The summed E-state index contributed by atoms with van der Waals surface area (Å²) in [6.07, 6.45) is 46.9. The van der Waals surface area contributed by atoms with Gasteiger partial charge in [0.05, 0.1) is 0 Å². The van der Waals surface area contributed by atoms with Gasteiger partial charge in [-0.1, -0.05) is 247 Å². The first-order valence-electron chi connectivity index (χ1n) is 20.5. The molecule has 0 amide bonds. The maximum absolute atomic E-state index is 2.52. The molecule has 0 aromatic rings. The first-order chi connectivity index (χ1) is 20.5. The van der Waals surface area contributed by atoms with E-state index in [1.807, 2.05) is 0 Å². The van der Waals surface area contributed by atoms with Crippen molar-refractivity contribution < 1.29 is 0 Å². The van der Waals surface area contributed by atoms with E-state index in [2.05, 4.69) is 41.5 Å². The molecule has 0 spiro atoms. The Morgan fingerprint density at radius 3 is 0.619 bits per heavy atom. The summed E-state index contributed by atoms with van der Waals surface area (Å²) in [6.45, 7) is 14.7. The van der Waals surface area contributed by atoms with Crippen LogP contribution in [0.25, 0.3) is 0 Å². The minimum Gasteiger partial charge on any atom is -0.0654 e. The lowest BCUT2D eigenvalue weighted by molar-refractivity contribution is 0.377. The fourth-order valence-corrected chi connectivity index (χ4v) is 7.15. The first-order valence-corrected chi connectivity index (χ1v) is 20.5. The average Bonchev–Trinajstić information content (AvgIpc) is 2.97. The van der Waals surface area contributed by atoms with E-state index in [9.17, 15) is 0 Å². The standard InChI is InChI=1S/C42H86/c1-7-9-11-13-14-15-16-17-18-19-20-21-23-26-32-40(4)36-30-38-42(6)34-28-24-27-33-41(5)37-29-35-39(3)31-25-22-12-10-8-2/h39-42H,7-38H2,1-6H3. The second kappa shape index (κ2) is 33.9. The molecular weight excluding hydrogens is 504 g/mol. The molecule has 0 heterocycles. The summed E-state index contributed by atoms with van der Waals surface area (Å²) in [6, 6.07) is 0. The van der Waals surface area contributed by atoms with Crippen molar-refractivity contribution in [2.45, 2.75) is 247 Å². The highest BCUT2D eigenvalue weighted by Crippen LogP contribution is 2.24. The van der Waals surface area contributed by atoms with E-state index in [-0.39, 0.29) is 0 Å². The zero-order valence-corrected chi connectivity index (χ0v) is 30.9. The topological polar surface area (TPSA) is 0 Å². The predicted octanol–water partition coefficient (Wildman–Crippen LogP) is 16.1. The van der Waals surface area contributed by atoms with E-state index in [0.29, 0.717) is 0 Å². The summed E-state index contributed by atoms with van der Waals surface area (Å²) < 4.78 is 0. The van der Waals surface area contributed by atoms with Crippen molar-refractivity contribution in [2.24, 2.45) is 23.7 Å². The lowest BCUT2D eigenvalue weighted by Crippen LogP contribution is -2.00. The molecule has 0 bridgehead atoms. The number of unbranched alkanes of at least 4 members (excludes halogenated alkanes) is 19. The summed E-state index contributed by atoms with van der Waals surface area (Å²) in [5.41, 5.74) is 0. The van der Waals surface area contributed by atoms with Crippen LogP contribution in [-0.4, -0.2) is 0 Å². The minimum absolute atomic E-state index is 0.944. The molecule has 254 valence electrons. The predicted molar refractivity (Wildman–Crippen MR) is 196 cm³/mol. The Bertz CT molecular complexity index is 480. The Hall–Kier alpha value is 0. The van der Waals surface area contributed by atoms with Gasteiger partial charge in [-0.15, -0.1) is 0 Å². The second-order valence-electron chi connectivity index (χ2n) is 15.5. The van der Waals surface area contributed by atoms with E-state index in [0.717, 1.165) is 23.7 Å². The Labute approximate surface area is 270 Å². The van der Waals surface area contributed by atoms with Gasteiger partial charge in [0.1, 0.15) is 0 Å². The van der Waals surface area contributed by atoms with Crippen LogP contribution in [0, 0.1) is 23.7 Å². The van der Waals surface area contributed by atoms with Crippen molar-refractivity contribution in [2.75, 3.05) is 0 Å². The van der Waals surface area contributed by atoms with Gasteiger partial charge in [-0.3, -0.25) is 0 Å². The lowest BCUT2D eigenvalue weighted by atomic mass is 9.91. The first kappa shape index (κ1) is 42.0. The van der Waals surface area contributed by atoms with Gasteiger partial charge < -0.3 is 0 Å². The molecule has 0 saturated heterocycles. The normalized spacial score (nSPS) is 14.7. The van der Waals surface area contributed by atoms with E-state index in [4.69, 9.17) is 0 Å². The zero-order valence-electron chi connectivity index (χ0n) is 30.9. The number of hydrogen-bond donors (Lipinski definition) is 0. The summed E-state index contributed by atoms with van der Waals surface area (Å²) in [4.78, 5) is 0. The average molecular weight is 591 g/mol. The van der Waals surface area contributed by atoms with Crippen LogP contribution in [0.4, 0.5) is 0 Å². The largest absolute Gasteiger partial charge is 0.0654 e. The van der Waals surface area contributed by atoms with Crippen LogP contribution in [0.15, 0.2) is 0 Å². The molecule has 0 aliphatic heterocycles. The van der Waals surface area contributed by atoms with E-state index >= 15 is 0 Å². The highest BCUT2D eigenvalue weighted by atomic mass is 14.1. The third-order valence-corrected chi connectivity index (χ3v) is 10.5. The molecule has 0 N–H and O–H groups in total. The van der Waals surface area contributed by atoms with Crippen LogP contribution in [0.2, 0.25) is 0 Å². The Morgan fingerprint density at radius 2 is 0.381 bits per heavy atom. The third kappa shape index (κ3) is 32.9. The van der Waals surface area contributed by atoms with Crippen molar-refractivity contribution >= 4 is 0 Å².